The minimum Gasteiger partial charge on any atom is -0.481 e. The summed E-state index contributed by atoms with van der Waals surface area (Å²) >= 11 is 0. The molecule has 0 saturated heterocycles. The fourth-order valence-electron chi connectivity index (χ4n) is 1.13. The van der Waals surface area contributed by atoms with Crippen LogP contribution in [0.1, 0.15) is 17.5 Å². The van der Waals surface area contributed by atoms with E-state index in [1.165, 1.54) is 12.1 Å². The number of carbonyl (C=O) groups is 2. The minimum atomic E-state index is -1.01. The van der Waals surface area contributed by atoms with Gasteiger partial charge >= 0.3 is 5.97 Å². The van der Waals surface area contributed by atoms with Crippen LogP contribution in [-0.4, -0.2) is 17.4 Å². The Balaban J connectivity index is 2.88. The van der Waals surface area contributed by atoms with Crippen LogP contribution in [0.5, 0.6) is 0 Å². The molecule has 0 heterocycles. The molecule has 3 nitrogen and oxygen atoms in total. The van der Waals surface area contributed by atoms with Gasteiger partial charge in [0.15, 0.2) is 0 Å². The number of aldehydes is 1. The highest BCUT2D eigenvalue weighted by Gasteiger charge is 2.04. The number of carboxylic acids is 1. The largest absolute Gasteiger partial charge is 0.481 e. The maximum Gasteiger partial charge on any atom is 0.307 e. The molecule has 1 rings (SSSR count). The number of halogens is 1. The Labute approximate surface area is 91.9 Å². The van der Waals surface area contributed by atoms with Gasteiger partial charge in [0.2, 0.25) is 0 Å². The van der Waals surface area contributed by atoms with Crippen LogP contribution in [0, 0.1) is 17.7 Å². The van der Waals surface area contributed by atoms with E-state index in [0.717, 1.165) is 6.07 Å². The van der Waals surface area contributed by atoms with Crippen LogP contribution in [0.2, 0.25) is 0 Å². The lowest BCUT2D eigenvalue weighted by Crippen LogP contribution is -2.00. The molecule has 16 heavy (non-hydrogen) atoms. The number of hydrogen-bond acceptors (Lipinski definition) is 2. The standard InChI is InChI=1S/C12H9FO3/c13-11-7-9(8-12(15)16)4-5-10(11)3-1-2-6-14/h4-7H,2,8H2,(H,15,16). The summed E-state index contributed by atoms with van der Waals surface area (Å²) in [6, 6.07) is 4.05. The van der Waals surface area contributed by atoms with Crippen LogP contribution < -0.4 is 0 Å². The number of aliphatic carboxylic acids is 1. The molecular formula is C12H9FO3. The minimum absolute atomic E-state index is 0.0519. The molecule has 0 unspecified atom stereocenters. The van der Waals surface area contributed by atoms with Gasteiger partial charge in [0, 0.05) is 0 Å². The number of benzene rings is 1. The Morgan fingerprint density at radius 2 is 2.25 bits per heavy atom. The van der Waals surface area contributed by atoms with Crippen LogP contribution in [0.3, 0.4) is 0 Å². The van der Waals surface area contributed by atoms with Crippen molar-refractivity contribution in [3.63, 3.8) is 0 Å². The van der Waals surface area contributed by atoms with Crippen molar-refractivity contribution in [2.75, 3.05) is 0 Å². The second kappa shape index (κ2) is 5.66. The molecule has 1 aromatic rings. The lowest BCUT2D eigenvalue weighted by atomic mass is 10.1. The van der Waals surface area contributed by atoms with Gasteiger partial charge in [-0.05, 0) is 17.7 Å². The second-order valence-electron chi connectivity index (χ2n) is 3.06. The van der Waals surface area contributed by atoms with Gasteiger partial charge in [0.1, 0.15) is 12.1 Å². The zero-order chi connectivity index (χ0) is 12.0. The SMILES string of the molecule is O=CCC#Cc1ccc(CC(=O)O)cc1F. The number of carbonyl (C=O) groups excluding carboxylic acids is 1. The van der Waals surface area contributed by atoms with E-state index in [0.29, 0.717) is 11.8 Å². The fourth-order valence-corrected chi connectivity index (χ4v) is 1.13. The Morgan fingerprint density at radius 1 is 1.50 bits per heavy atom. The quantitative estimate of drug-likeness (QED) is 0.618. The maximum absolute atomic E-state index is 13.3. The van der Waals surface area contributed by atoms with Crippen molar-refractivity contribution in [2.24, 2.45) is 0 Å². The summed E-state index contributed by atoms with van der Waals surface area (Å²) in [6.07, 6.45) is 0.457. The maximum atomic E-state index is 13.3. The molecule has 0 aliphatic heterocycles. The highest BCUT2D eigenvalue weighted by molar-refractivity contribution is 5.70. The Hall–Kier alpha value is -2.15. The van der Waals surface area contributed by atoms with Crippen LogP contribution in [0.4, 0.5) is 4.39 Å². The van der Waals surface area contributed by atoms with E-state index in [4.69, 9.17) is 5.11 Å². The number of carboxylic acid groups (broad SMARTS) is 1. The highest BCUT2D eigenvalue weighted by Crippen LogP contribution is 2.10. The molecule has 4 heteroatoms. The van der Waals surface area contributed by atoms with Crippen LogP contribution >= 0.6 is 0 Å². The van der Waals surface area contributed by atoms with E-state index in [1.807, 2.05) is 0 Å². The van der Waals surface area contributed by atoms with Gasteiger partial charge in [-0.15, -0.1) is 0 Å². The highest BCUT2D eigenvalue weighted by atomic mass is 19.1. The molecule has 0 aliphatic carbocycles. The Bertz CT molecular complexity index is 469. The normalized spacial score (nSPS) is 9.06. The summed E-state index contributed by atoms with van der Waals surface area (Å²) < 4.78 is 13.3. The van der Waals surface area contributed by atoms with E-state index in [-0.39, 0.29) is 18.4 Å². The predicted molar refractivity (Wildman–Crippen MR) is 55.3 cm³/mol. The molecule has 0 radical (unpaired) electrons. The Morgan fingerprint density at radius 3 is 2.81 bits per heavy atom. The van der Waals surface area contributed by atoms with Gasteiger partial charge in [-0.3, -0.25) is 4.79 Å². The van der Waals surface area contributed by atoms with E-state index in [9.17, 15) is 14.0 Å². The van der Waals surface area contributed by atoms with E-state index in [2.05, 4.69) is 11.8 Å². The molecule has 1 aromatic carbocycles. The number of hydrogen-bond donors (Lipinski definition) is 1. The molecule has 0 saturated carbocycles. The topological polar surface area (TPSA) is 54.4 Å². The smallest absolute Gasteiger partial charge is 0.307 e. The third-order valence-corrected chi connectivity index (χ3v) is 1.80. The van der Waals surface area contributed by atoms with Crippen molar-refractivity contribution in [1.29, 1.82) is 0 Å². The van der Waals surface area contributed by atoms with Gasteiger partial charge in [0.25, 0.3) is 0 Å². The van der Waals surface area contributed by atoms with E-state index in [1.54, 1.807) is 0 Å². The molecule has 0 fully saturated rings. The summed E-state index contributed by atoms with van der Waals surface area (Å²) in [6.45, 7) is 0. The number of rotatable bonds is 3. The molecule has 1 N–H and O–H groups in total. The van der Waals surface area contributed by atoms with Crippen molar-refractivity contribution in [1.82, 2.24) is 0 Å². The summed E-state index contributed by atoms with van der Waals surface area (Å²) in [4.78, 5) is 20.4. The fraction of sp³-hybridized carbons (Fsp3) is 0.167. The molecule has 0 aliphatic rings. The monoisotopic (exact) mass is 220 g/mol. The van der Waals surface area contributed by atoms with Crippen molar-refractivity contribution >= 4 is 12.3 Å². The first-order valence-corrected chi connectivity index (χ1v) is 4.56. The van der Waals surface area contributed by atoms with Gasteiger partial charge < -0.3 is 9.90 Å². The first kappa shape index (κ1) is 11.9. The van der Waals surface area contributed by atoms with Gasteiger partial charge in [0.05, 0.1) is 18.4 Å². The molecule has 82 valence electrons. The van der Waals surface area contributed by atoms with E-state index < -0.39 is 11.8 Å². The molecule has 0 atom stereocenters. The third kappa shape index (κ3) is 3.54. The second-order valence-corrected chi connectivity index (χ2v) is 3.06. The van der Waals surface area contributed by atoms with Crippen LogP contribution in [-0.2, 0) is 16.0 Å². The van der Waals surface area contributed by atoms with Crippen molar-refractivity contribution in [2.45, 2.75) is 12.8 Å². The predicted octanol–water partition coefficient (Wildman–Crippen LogP) is 1.39. The van der Waals surface area contributed by atoms with Crippen molar-refractivity contribution < 1.29 is 19.1 Å². The summed E-state index contributed by atoms with van der Waals surface area (Å²) in [7, 11) is 0. The zero-order valence-corrected chi connectivity index (χ0v) is 8.37. The van der Waals surface area contributed by atoms with Crippen molar-refractivity contribution in [3.8, 4) is 11.8 Å². The van der Waals surface area contributed by atoms with Crippen molar-refractivity contribution in [3.05, 3.63) is 35.1 Å². The summed E-state index contributed by atoms with van der Waals surface area (Å²) in [5.74, 6) is 3.38. The lowest BCUT2D eigenvalue weighted by molar-refractivity contribution is -0.136. The van der Waals surface area contributed by atoms with Gasteiger partial charge in [-0.1, -0.05) is 17.9 Å². The van der Waals surface area contributed by atoms with Gasteiger partial charge in [-0.2, -0.15) is 0 Å². The first-order chi connectivity index (χ1) is 7.63. The molecule has 0 bridgehead atoms. The molecule has 0 amide bonds. The molecule has 0 aromatic heterocycles. The first-order valence-electron chi connectivity index (χ1n) is 4.56. The van der Waals surface area contributed by atoms with E-state index >= 15 is 0 Å². The summed E-state index contributed by atoms with van der Waals surface area (Å²) in [5.41, 5.74) is 0.543. The molecular weight excluding hydrogens is 211 g/mol. The third-order valence-electron chi connectivity index (χ3n) is 1.80. The molecule has 0 spiro atoms. The van der Waals surface area contributed by atoms with Crippen LogP contribution in [0.15, 0.2) is 18.2 Å². The average molecular weight is 220 g/mol. The lowest BCUT2D eigenvalue weighted by Gasteiger charge is -1.99. The zero-order valence-electron chi connectivity index (χ0n) is 8.37. The van der Waals surface area contributed by atoms with Gasteiger partial charge in [-0.25, -0.2) is 4.39 Å². The summed E-state index contributed by atoms with van der Waals surface area (Å²) in [5, 5.41) is 8.51. The Kier molecular flexibility index (Phi) is 4.22. The van der Waals surface area contributed by atoms with Crippen LogP contribution in [0.25, 0.3) is 0 Å². The average Bonchev–Trinajstić information content (AvgIpc) is 2.20.